The fourth-order valence-corrected chi connectivity index (χ4v) is 5.73. The molecule has 1 aromatic carbocycles. The Bertz CT molecular complexity index is 898. The Morgan fingerprint density at radius 1 is 1.10 bits per heavy atom. The second-order valence-electron chi connectivity index (χ2n) is 7.31. The number of likely N-dealkylation sites (tertiary alicyclic amines) is 1. The van der Waals surface area contributed by atoms with Gasteiger partial charge in [-0.15, -0.1) is 22.7 Å². The maximum atomic E-state index is 10.6. The fraction of sp³-hybridized carbons (Fsp3) is 0.409. The molecule has 2 aromatic heterocycles. The molecule has 7 heteroatoms. The normalized spacial score (nSPS) is 17.5. The molecule has 2 unspecified atom stereocenters. The monoisotopic (exact) mass is 428 g/mol. The third kappa shape index (κ3) is 4.98. The second kappa shape index (κ2) is 9.71. The van der Waals surface area contributed by atoms with Gasteiger partial charge in [-0.3, -0.25) is 9.89 Å². The van der Waals surface area contributed by atoms with E-state index in [0.29, 0.717) is 12.6 Å². The van der Waals surface area contributed by atoms with Gasteiger partial charge >= 0.3 is 0 Å². The van der Waals surface area contributed by atoms with Crippen LogP contribution in [-0.4, -0.2) is 49.2 Å². The van der Waals surface area contributed by atoms with Crippen LogP contribution >= 0.6 is 22.7 Å². The van der Waals surface area contributed by atoms with E-state index in [1.807, 2.05) is 23.5 Å². The van der Waals surface area contributed by atoms with E-state index < -0.39 is 6.10 Å². The Kier molecular flexibility index (Phi) is 6.82. The van der Waals surface area contributed by atoms with Crippen molar-refractivity contribution in [3.05, 3.63) is 57.6 Å². The molecule has 0 bridgehead atoms. The van der Waals surface area contributed by atoms with E-state index >= 15 is 0 Å². The molecular formula is C22H28N4OS2. The number of fused-ring (bicyclic) bond motifs is 1. The summed E-state index contributed by atoms with van der Waals surface area (Å²) < 4.78 is 1.20. The first-order valence-corrected chi connectivity index (χ1v) is 11.8. The number of aliphatic hydroxyl groups excluding tert-OH is 1. The SMILES string of the molecule is CN=C(NCC(O)c1cc2ccccc2s1)NCC(c1cccs1)N1CCCC1. The Hall–Kier alpha value is -1.93. The van der Waals surface area contributed by atoms with Gasteiger partial charge in [0, 0.05) is 34.6 Å². The van der Waals surface area contributed by atoms with E-state index in [2.05, 4.69) is 56.2 Å². The highest BCUT2D eigenvalue weighted by Crippen LogP contribution is 2.30. The molecule has 0 aliphatic carbocycles. The quantitative estimate of drug-likeness (QED) is 0.393. The fourth-order valence-electron chi connectivity index (χ4n) is 3.82. The first kappa shape index (κ1) is 20.3. The van der Waals surface area contributed by atoms with E-state index in [9.17, 15) is 5.11 Å². The van der Waals surface area contributed by atoms with Crippen molar-refractivity contribution in [3.63, 3.8) is 0 Å². The zero-order chi connectivity index (χ0) is 20.1. The molecule has 1 saturated heterocycles. The highest BCUT2D eigenvalue weighted by atomic mass is 32.1. The van der Waals surface area contributed by atoms with Crippen LogP contribution in [0.4, 0.5) is 0 Å². The van der Waals surface area contributed by atoms with Crippen molar-refractivity contribution < 1.29 is 5.11 Å². The lowest BCUT2D eigenvalue weighted by Gasteiger charge is -2.27. The summed E-state index contributed by atoms with van der Waals surface area (Å²) in [6.45, 7) is 3.54. The van der Waals surface area contributed by atoms with E-state index in [-0.39, 0.29) is 0 Å². The summed E-state index contributed by atoms with van der Waals surface area (Å²) in [5, 5.41) is 20.7. The third-order valence-electron chi connectivity index (χ3n) is 5.38. The second-order valence-corrected chi connectivity index (χ2v) is 9.41. The van der Waals surface area contributed by atoms with E-state index in [1.54, 1.807) is 18.4 Å². The number of aliphatic hydroxyl groups is 1. The van der Waals surface area contributed by atoms with Crippen molar-refractivity contribution in [2.75, 3.05) is 33.2 Å². The molecule has 3 heterocycles. The average Bonchev–Trinajstić information content (AvgIpc) is 3.51. The highest BCUT2D eigenvalue weighted by Gasteiger charge is 2.24. The van der Waals surface area contributed by atoms with Crippen molar-refractivity contribution >= 4 is 38.7 Å². The predicted molar refractivity (Wildman–Crippen MR) is 124 cm³/mol. The smallest absolute Gasteiger partial charge is 0.191 e. The summed E-state index contributed by atoms with van der Waals surface area (Å²) in [4.78, 5) is 9.27. The van der Waals surface area contributed by atoms with Gasteiger partial charge in [0.1, 0.15) is 6.10 Å². The van der Waals surface area contributed by atoms with Crippen LogP contribution in [0.5, 0.6) is 0 Å². The molecular weight excluding hydrogens is 400 g/mol. The molecule has 0 saturated carbocycles. The lowest BCUT2D eigenvalue weighted by molar-refractivity contribution is 0.184. The van der Waals surface area contributed by atoms with Crippen LogP contribution in [0.3, 0.4) is 0 Å². The molecule has 2 atom stereocenters. The number of hydrogen-bond donors (Lipinski definition) is 3. The minimum absolute atomic E-state index is 0.364. The molecule has 1 fully saturated rings. The van der Waals surface area contributed by atoms with Crippen LogP contribution < -0.4 is 10.6 Å². The molecule has 1 aliphatic rings. The van der Waals surface area contributed by atoms with Gasteiger partial charge in [-0.1, -0.05) is 24.3 Å². The topological polar surface area (TPSA) is 59.9 Å². The van der Waals surface area contributed by atoms with Gasteiger partial charge in [-0.25, -0.2) is 0 Å². The average molecular weight is 429 g/mol. The van der Waals surface area contributed by atoms with Gasteiger partial charge < -0.3 is 15.7 Å². The van der Waals surface area contributed by atoms with Crippen LogP contribution in [0.1, 0.15) is 34.7 Å². The van der Waals surface area contributed by atoms with Crippen molar-refractivity contribution in [2.45, 2.75) is 25.0 Å². The van der Waals surface area contributed by atoms with Crippen molar-refractivity contribution in [2.24, 2.45) is 4.99 Å². The number of nitrogens with zero attached hydrogens (tertiary/aromatic N) is 2. The predicted octanol–water partition coefficient (Wildman–Crippen LogP) is 4.00. The van der Waals surface area contributed by atoms with Crippen LogP contribution in [0.25, 0.3) is 10.1 Å². The summed E-state index contributed by atoms with van der Waals surface area (Å²) in [7, 11) is 1.77. The van der Waals surface area contributed by atoms with Gasteiger partial charge in [0.05, 0.1) is 6.04 Å². The number of benzene rings is 1. The molecule has 29 heavy (non-hydrogen) atoms. The summed E-state index contributed by atoms with van der Waals surface area (Å²) in [5.74, 6) is 0.728. The zero-order valence-electron chi connectivity index (χ0n) is 16.7. The molecule has 3 aromatic rings. The number of rotatable bonds is 7. The molecule has 1 aliphatic heterocycles. The Morgan fingerprint density at radius 3 is 2.62 bits per heavy atom. The number of hydrogen-bond acceptors (Lipinski definition) is 5. The maximum Gasteiger partial charge on any atom is 0.191 e. The first-order chi connectivity index (χ1) is 14.2. The van der Waals surface area contributed by atoms with Gasteiger partial charge in [-0.05, 0) is 54.9 Å². The van der Waals surface area contributed by atoms with Crippen LogP contribution in [0.15, 0.2) is 52.8 Å². The summed E-state index contributed by atoms with van der Waals surface area (Å²) in [6.07, 6.45) is 1.99. The number of thiophene rings is 2. The van der Waals surface area contributed by atoms with E-state index in [0.717, 1.165) is 30.5 Å². The Labute approximate surface area is 180 Å². The maximum absolute atomic E-state index is 10.6. The standard InChI is InChI=1S/C22H28N4OS2/c1-23-22(24-14-17(20-9-6-12-28-20)26-10-4-5-11-26)25-15-18(27)21-13-16-7-2-3-8-19(16)29-21/h2-3,6-9,12-13,17-18,27H,4-5,10-11,14-15H2,1H3,(H2,23,24,25). The van der Waals surface area contributed by atoms with E-state index in [1.165, 1.54) is 27.8 Å². The van der Waals surface area contributed by atoms with Gasteiger partial charge in [0.2, 0.25) is 0 Å². The molecule has 0 spiro atoms. The van der Waals surface area contributed by atoms with Gasteiger partial charge in [-0.2, -0.15) is 0 Å². The summed E-state index contributed by atoms with van der Waals surface area (Å²) in [5.41, 5.74) is 0. The van der Waals surface area contributed by atoms with Gasteiger partial charge in [0.15, 0.2) is 5.96 Å². The molecule has 5 nitrogen and oxygen atoms in total. The third-order valence-corrected chi connectivity index (χ3v) is 7.57. The molecule has 3 N–H and O–H groups in total. The van der Waals surface area contributed by atoms with Crippen molar-refractivity contribution in [1.29, 1.82) is 0 Å². The Morgan fingerprint density at radius 2 is 1.90 bits per heavy atom. The number of nitrogens with one attached hydrogen (secondary N) is 2. The minimum Gasteiger partial charge on any atom is -0.386 e. The molecule has 0 amide bonds. The summed E-state index contributed by atoms with van der Waals surface area (Å²) in [6, 6.07) is 15.0. The van der Waals surface area contributed by atoms with Crippen molar-refractivity contribution in [1.82, 2.24) is 15.5 Å². The van der Waals surface area contributed by atoms with E-state index in [4.69, 9.17) is 0 Å². The number of aliphatic imine (C=N–C) groups is 1. The van der Waals surface area contributed by atoms with Crippen LogP contribution in [0, 0.1) is 0 Å². The summed E-state index contributed by atoms with van der Waals surface area (Å²) >= 11 is 3.46. The zero-order valence-corrected chi connectivity index (χ0v) is 18.3. The first-order valence-electron chi connectivity index (χ1n) is 10.1. The van der Waals surface area contributed by atoms with Gasteiger partial charge in [0.25, 0.3) is 0 Å². The molecule has 4 rings (SSSR count). The highest BCUT2D eigenvalue weighted by molar-refractivity contribution is 7.19. The van der Waals surface area contributed by atoms with Crippen molar-refractivity contribution in [3.8, 4) is 0 Å². The van der Waals surface area contributed by atoms with Crippen LogP contribution in [-0.2, 0) is 0 Å². The minimum atomic E-state index is -0.558. The lowest BCUT2D eigenvalue weighted by atomic mass is 10.2. The Balaban J connectivity index is 1.33. The number of guanidine groups is 1. The van der Waals surface area contributed by atoms with Crippen LogP contribution in [0.2, 0.25) is 0 Å². The largest absolute Gasteiger partial charge is 0.386 e. The molecule has 154 valence electrons. The molecule has 0 radical (unpaired) electrons. The lowest BCUT2D eigenvalue weighted by Crippen LogP contribution is -2.43.